The monoisotopic (exact) mass is 295 g/mol. The number of aliphatic hydroxyl groups is 1. The van der Waals surface area contributed by atoms with Gasteiger partial charge in [-0.3, -0.25) is 0 Å². The van der Waals surface area contributed by atoms with Crippen molar-refractivity contribution >= 4 is 21.7 Å². The highest BCUT2D eigenvalue weighted by Gasteiger charge is 2.24. The predicted octanol–water partition coefficient (Wildman–Crippen LogP) is 2.07. The van der Waals surface area contributed by atoms with Gasteiger partial charge in [0.15, 0.2) is 0 Å². The van der Waals surface area contributed by atoms with Crippen molar-refractivity contribution in [2.45, 2.75) is 25.3 Å². The Kier molecular flexibility index (Phi) is 3.97. The van der Waals surface area contributed by atoms with Crippen molar-refractivity contribution in [1.82, 2.24) is 4.98 Å². The molecule has 1 aliphatic heterocycles. The number of hydrogen-bond donors (Lipinski definition) is 1. The lowest BCUT2D eigenvalue weighted by Crippen LogP contribution is -2.42. The summed E-state index contributed by atoms with van der Waals surface area (Å²) in [6.07, 6.45) is 4.86. The maximum atomic E-state index is 9.38. The van der Waals surface area contributed by atoms with E-state index in [1.54, 1.807) is 12.3 Å². The Hall–Kier alpha value is -1.12. The highest BCUT2D eigenvalue weighted by molar-refractivity contribution is 9.10. The van der Waals surface area contributed by atoms with Crippen molar-refractivity contribution in [3.63, 3.8) is 0 Å². The molecule has 1 N–H and O–H groups in total. The number of nitrogens with zero attached hydrogens (tertiary/aromatic N) is 3. The molecule has 1 saturated heterocycles. The molecule has 17 heavy (non-hydrogen) atoms. The molecule has 1 aliphatic rings. The minimum atomic E-state index is 0.0875. The Labute approximate surface area is 109 Å². The lowest BCUT2D eigenvalue weighted by molar-refractivity contribution is 0.239. The minimum absolute atomic E-state index is 0.0875. The van der Waals surface area contributed by atoms with Gasteiger partial charge in [-0.05, 0) is 41.3 Å². The fraction of sp³-hybridized carbons (Fsp3) is 0.500. The van der Waals surface area contributed by atoms with Crippen molar-refractivity contribution in [2.24, 2.45) is 0 Å². The second-order valence-corrected chi connectivity index (χ2v) is 5.08. The fourth-order valence-electron chi connectivity index (χ4n) is 2.21. The third kappa shape index (κ3) is 2.59. The van der Waals surface area contributed by atoms with Crippen molar-refractivity contribution in [2.75, 3.05) is 18.1 Å². The summed E-state index contributed by atoms with van der Waals surface area (Å²) in [5, 5.41) is 18.5. The molecule has 1 atom stereocenters. The summed E-state index contributed by atoms with van der Waals surface area (Å²) in [4.78, 5) is 6.37. The molecule has 0 spiro atoms. The molecule has 0 aliphatic carbocycles. The molecule has 0 saturated carbocycles. The number of hydrogen-bond acceptors (Lipinski definition) is 4. The summed E-state index contributed by atoms with van der Waals surface area (Å²) in [5.41, 5.74) is 0.555. The average molecular weight is 296 g/mol. The van der Waals surface area contributed by atoms with E-state index in [9.17, 15) is 5.11 Å². The van der Waals surface area contributed by atoms with E-state index in [0.29, 0.717) is 11.4 Å². The first kappa shape index (κ1) is 12.3. The number of aliphatic hydroxyl groups excluding tert-OH is 1. The molecule has 1 aromatic heterocycles. The van der Waals surface area contributed by atoms with Gasteiger partial charge < -0.3 is 10.0 Å². The van der Waals surface area contributed by atoms with Crippen LogP contribution in [0.1, 0.15) is 24.8 Å². The maximum absolute atomic E-state index is 9.38. The second-order valence-electron chi connectivity index (χ2n) is 4.16. The summed E-state index contributed by atoms with van der Waals surface area (Å²) >= 11 is 3.31. The van der Waals surface area contributed by atoms with Crippen LogP contribution in [0.25, 0.3) is 0 Å². The number of piperidine rings is 1. The van der Waals surface area contributed by atoms with Crippen LogP contribution in [-0.2, 0) is 0 Å². The minimum Gasteiger partial charge on any atom is -0.394 e. The van der Waals surface area contributed by atoms with E-state index in [2.05, 4.69) is 31.9 Å². The van der Waals surface area contributed by atoms with E-state index in [1.165, 1.54) is 0 Å². The van der Waals surface area contributed by atoms with Crippen molar-refractivity contribution in [1.29, 1.82) is 5.26 Å². The topological polar surface area (TPSA) is 60.2 Å². The summed E-state index contributed by atoms with van der Waals surface area (Å²) in [7, 11) is 0. The Morgan fingerprint density at radius 3 is 3.12 bits per heavy atom. The molecular weight excluding hydrogens is 282 g/mol. The van der Waals surface area contributed by atoms with Crippen LogP contribution in [0.15, 0.2) is 16.7 Å². The zero-order valence-corrected chi connectivity index (χ0v) is 11.0. The quantitative estimate of drug-likeness (QED) is 0.907. The lowest BCUT2D eigenvalue weighted by Gasteiger charge is -2.35. The van der Waals surface area contributed by atoms with Gasteiger partial charge >= 0.3 is 0 Å². The molecule has 0 amide bonds. The maximum Gasteiger partial charge on any atom is 0.146 e. The first-order valence-electron chi connectivity index (χ1n) is 5.69. The smallest absolute Gasteiger partial charge is 0.146 e. The van der Waals surface area contributed by atoms with Crippen LogP contribution in [-0.4, -0.2) is 29.3 Å². The number of rotatable bonds is 2. The predicted molar refractivity (Wildman–Crippen MR) is 68.7 cm³/mol. The fourth-order valence-corrected chi connectivity index (χ4v) is 2.54. The van der Waals surface area contributed by atoms with Gasteiger partial charge in [-0.15, -0.1) is 0 Å². The Morgan fingerprint density at radius 2 is 2.41 bits per heavy atom. The van der Waals surface area contributed by atoms with Crippen LogP contribution >= 0.6 is 15.9 Å². The molecule has 5 heteroatoms. The SMILES string of the molecule is N#Cc1cc(Br)cnc1N1CCCCC1CO. The lowest BCUT2D eigenvalue weighted by atomic mass is 10.0. The molecule has 4 nitrogen and oxygen atoms in total. The molecule has 0 aromatic carbocycles. The summed E-state index contributed by atoms with van der Waals surface area (Å²) in [6.45, 7) is 0.969. The number of anilines is 1. The van der Waals surface area contributed by atoms with Gasteiger partial charge in [-0.25, -0.2) is 4.98 Å². The zero-order chi connectivity index (χ0) is 12.3. The van der Waals surface area contributed by atoms with Gasteiger partial charge in [0.25, 0.3) is 0 Å². The summed E-state index contributed by atoms with van der Waals surface area (Å²) < 4.78 is 0.801. The Morgan fingerprint density at radius 1 is 1.59 bits per heavy atom. The number of halogens is 1. The van der Waals surface area contributed by atoms with Gasteiger partial charge in [0.1, 0.15) is 11.9 Å². The molecule has 1 unspecified atom stereocenters. The van der Waals surface area contributed by atoms with E-state index in [1.807, 2.05) is 0 Å². The van der Waals surface area contributed by atoms with Crippen LogP contribution in [0.3, 0.4) is 0 Å². The molecule has 1 aromatic rings. The summed E-state index contributed by atoms with van der Waals surface area (Å²) in [5.74, 6) is 0.689. The first-order chi connectivity index (χ1) is 8.26. The molecular formula is C12H14BrN3O. The van der Waals surface area contributed by atoms with Crippen LogP contribution in [0.4, 0.5) is 5.82 Å². The van der Waals surface area contributed by atoms with Crippen LogP contribution in [0.2, 0.25) is 0 Å². The van der Waals surface area contributed by atoms with Gasteiger partial charge in [0.05, 0.1) is 18.2 Å². The van der Waals surface area contributed by atoms with E-state index in [4.69, 9.17) is 5.26 Å². The largest absolute Gasteiger partial charge is 0.394 e. The molecule has 0 radical (unpaired) electrons. The average Bonchev–Trinajstić information content (AvgIpc) is 2.38. The molecule has 2 heterocycles. The second kappa shape index (κ2) is 5.48. The van der Waals surface area contributed by atoms with E-state index in [0.717, 1.165) is 30.3 Å². The van der Waals surface area contributed by atoms with Gasteiger partial charge in [-0.2, -0.15) is 5.26 Å². The highest BCUT2D eigenvalue weighted by atomic mass is 79.9. The first-order valence-corrected chi connectivity index (χ1v) is 6.48. The third-order valence-corrected chi connectivity index (χ3v) is 3.50. The highest BCUT2D eigenvalue weighted by Crippen LogP contribution is 2.27. The molecule has 2 rings (SSSR count). The molecule has 0 bridgehead atoms. The van der Waals surface area contributed by atoms with Crippen molar-refractivity contribution in [3.05, 3.63) is 22.3 Å². The van der Waals surface area contributed by atoms with Crippen LogP contribution in [0.5, 0.6) is 0 Å². The normalized spacial score (nSPS) is 20.1. The Balaban J connectivity index is 2.35. The molecule has 1 fully saturated rings. The van der Waals surface area contributed by atoms with Crippen LogP contribution in [0, 0.1) is 11.3 Å². The molecule has 90 valence electrons. The van der Waals surface area contributed by atoms with E-state index in [-0.39, 0.29) is 12.6 Å². The Bertz CT molecular complexity index is 444. The van der Waals surface area contributed by atoms with Gasteiger partial charge in [0.2, 0.25) is 0 Å². The zero-order valence-electron chi connectivity index (χ0n) is 9.43. The summed E-state index contributed by atoms with van der Waals surface area (Å²) in [6, 6.07) is 4.02. The van der Waals surface area contributed by atoms with Gasteiger partial charge in [-0.1, -0.05) is 0 Å². The van der Waals surface area contributed by atoms with Crippen LogP contribution < -0.4 is 4.90 Å². The van der Waals surface area contributed by atoms with E-state index >= 15 is 0 Å². The number of pyridine rings is 1. The standard InChI is InChI=1S/C12H14BrN3O/c13-10-5-9(6-14)12(15-7-10)16-4-2-1-3-11(16)8-17/h5,7,11,17H,1-4,8H2. The number of nitriles is 1. The van der Waals surface area contributed by atoms with Gasteiger partial charge in [0, 0.05) is 17.2 Å². The third-order valence-electron chi connectivity index (χ3n) is 3.06. The van der Waals surface area contributed by atoms with Crippen molar-refractivity contribution in [3.8, 4) is 6.07 Å². The number of aromatic nitrogens is 1. The van der Waals surface area contributed by atoms with Crippen molar-refractivity contribution < 1.29 is 5.11 Å². The van der Waals surface area contributed by atoms with E-state index < -0.39 is 0 Å².